The summed E-state index contributed by atoms with van der Waals surface area (Å²) >= 11 is 0. The fourth-order valence-electron chi connectivity index (χ4n) is 1.64. The molecule has 0 bridgehead atoms. The fourth-order valence-corrected chi connectivity index (χ4v) is 1.64. The molecule has 0 radical (unpaired) electrons. The third kappa shape index (κ3) is 5.18. The van der Waals surface area contributed by atoms with Crippen LogP contribution in [0.1, 0.15) is 20.7 Å². The van der Waals surface area contributed by atoms with Gasteiger partial charge in [0.25, 0.3) is 11.4 Å². The van der Waals surface area contributed by atoms with Crippen molar-refractivity contribution in [2.45, 2.75) is 0 Å². The number of ether oxygens (including phenoxy) is 1. The summed E-state index contributed by atoms with van der Waals surface area (Å²) in [6, 6.07) is 9.04. The maximum absolute atomic E-state index is 11.8. The first-order chi connectivity index (χ1) is 11.9. The molecule has 0 heterocycles. The molecular formula is C15H13N3O7. The first-order valence-electron chi connectivity index (χ1n) is 6.71. The van der Waals surface area contributed by atoms with E-state index in [0.717, 1.165) is 48.5 Å². The Morgan fingerprint density at radius 3 is 1.28 bits per heavy atom. The monoisotopic (exact) mass is 347 g/mol. The van der Waals surface area contributed by atoms with Crippen molar-refractivity contribution < 1.29 is 24.2 Å². The van der Waals surface area contributed by atoms with Gasteiger partial charge in [-0.2, -0.15) is 0 Å². The molecular weight excluding hydrogens is 334 g/mol. The van der Waals surface area contributed by atoms with Gasteiger partial charge in [-0.3, -0.25) is 20.2 Å². The maximum Gasteiger partial charge on any atom is 0.346 e. The van der Waals surface area contributed by atoms with E-state index >= 15 is 0 Å². The Hall–Kier alpha value is -3.66. The Balaban J connectivity index is 0.00000151. The second kappa shape index (κ2) is 8.84. The Labute approximate surface area is 141 Å². The normalized spacial score (nSPS) is 9.36. The lowest BCUT2D eigenvalue weighted by Gasteiger charge is -2.03. The molecule has 10 nitrogen and oxygen atoms in total. The van der Waals surface area contributed by atoms with Crippen molar-refractivity contribution in [3.8, 4) is 0 Å². The first kappa shape index (κ1) is 19.4. The predicted octanol–water partition coefficient (Wildman–Crippen LogP) is 2.08. The minimum absolute atomic E-state index is 0.0362. The molecule has 2 N–H and O–H groups in total. The van der Waals surface area contributed by atoms with Crippen LogP contribution in [0, 0.1) is 20.2 Å². The average molecular weight is 347 g/mol. The van der Waals surface area contributed by atoms with E-state index < -0.39 is 21.8 Å². The average Bonchev–Trinajstić information content (AvgIpc) is 2.63. The summed E-state index contributed by atoms with van der Waals surface area (Å²) in [7, 11) is 1.50. The highest BCUT2D eigenvalue weighted by molar-refractivity contribution is 6.02. The number of nitro groups is 2. The van der Waals surface area contributed by atoms with Crippen molar-refractivity contribution >= 4 is 23.3 Å². The summed E-state index contributed by atoms with van der Waals surface area (Å²) in [5, 5.41) is 21.0. The molecule has 2 rings (SSSR count). The summed E-state index contributed by atoms with van der Waals surface area (Å²) in [5.41, 5.74) is 4.02. The van der Waals surface area contributed by atoms with Crippen LogP contribution in [-0.2, 0) is 4.74 Å². The molecule has 0 aliphatic rings. The van der Waals surface area contributed by atoms with E-state index in [1.54, 1.807) is 0 Å². The molecule has 0 amide bonds. The second-order valence-electron chi connectivity index (χ2n) is 4.28. The van der Waals surface area contributed by atoms with Gasteiger partial charge in [-0.25, -0.2) is 9.59 Å². The van der Waals surface area contributed by atoms with Gasteiger partial charge in [0.05, 0.1) is 21.0 Å². The maximum atomic E-state index is 11.8. The molecule has 0 saturated carbocycles. The van der Waals surface area contributed by atoms with Crippen molar-refractivity contribution in [1.82, 2.24) is 0 Å². The molecule has 10 heteroatoms. The molecule has 0 aliphatic carbocycles. The van der Waals surface area contributed by atoms with E-state index in [0.29, 0.717) is 0 Å². The Kier molecular flexibility index (Phi) is 6.85. The minimum atomic E-state index is -0.983. The molecule has 130 valence electrons. The number of benzene rings is 2. The van der Waals surface area contributed by atoms with Crippen LogP contribution in [0.25, 0.3) is 0 Å². The van der Waals surface area contributed by atoms with Crippen LogP contribution in [-0.4, -0.2) is 28.8 Å². The molecule has 0 aromatic heterocycles. The molecule has 0 fully saturated rings. The number of nitrogens with zero attached hydrogens (tertiary/aromatic N) is 2. The van der Waals surface area contributed by atoms with E-state index in [1.165, 1.54) is 7.05 Å². The molecule has 25 heavy (non-hydrogen) atoms. The van der Waals surface area contributed by atoms with Crippen molar-refractivity contribution in [3.63, 3.8) is 0 Å². The topological polar surface area (TPSA) is 156 Å². The Morgan fingerprint density at radius 1 is 0.760 bits per heavy atom. The van der Waals surface area contributed by atoms with Crippen molar-refractivity contribution in [1.29, 1.82) is 0 Å². The van der Waals surface area contributed by atoms with Gasteiger partial charge in [0.1, 0.15) is 0 Å². The second-order valence-corrected chi connectivity index (χ2v) is 4.28. The van der Waals surface area contributed by atoms with Crippen LogP contribution in [0.3, 0.4) is 0 Å². The summed E-state index contributed by atoms with van der Waals surface area (Å²) in [6.45, 7) is 0. The molecule has 2 aromatic rings. The lowest BCUT2D eigenvalue weighted by molar-refractivity contribution is -0.385. The van der Waals surface area contributed by atoms with Crippen molar-refractivity contribution in [3.05, 3.63) is 79.9 Å². The number of hydrogen-bond donors (Lipinski definition) is 1. The van der Waals surface area contributed by atoms with Gasteiger partial charge < -0.3 is 10.5 Å². The number of non-ortho nitro benzene ring substituents is 2. The van der Waals surface area contributed by atoms with Crippen molar-refractivity contribution in [2.24, 2.45) is 5.73 Å². The number of rotatable bonds is 4. The highest BCUT2D eigenvalue weighted by atomic mass is 16.6. The van der Waals surface area contributed by atoms with Crippen LogP contribution in [0.2, 0.25) is 0 Å². The standard InChI is InChI=1S/C14H8N2O7.CH5N/c17-13(9-1-5-11(6-2-9)15(19)20)23-14(18)10-3-7-12(8-4-10)16(21)22;1-2/h1-8H;2H2,1H3. The quantitative estimate of drug-likeness (QED) is 0.381. The van der Waals surface area contributed by atoms with E-state index in [1.807, 2.05) is 0 Å². The summed E-state index contributed by atoms with van der Waals surface area (Å²) < 4.78 is 4.61. The number of nitro benzene ring substituents is 2. The number of carbonyl (C=O) groups excluding carboxylic acids is 2. The Morgan fingerprint density at radius 2 is 1.04 bits per heavy atom. The number of carbonyl (C=O) groups is 2. The van der Waals surface area contributed by atoms with E-state index in [9.17, 15) is 29.8 Å². The number of nitrogens with two attached hydrogens (primary N) is 1. The van der Waals surface area contributed by atoms with E-state index in [4.69, 9.17) is 0 Å². The van der Waals surface area contributed by atoms with Crippen LogP contribution >= 0.6 is 0 Å². The zero-order valence-corrected chi connectivity index (χ0v) is 12.9. The minimum Gasteiger partial charge on any atom is -0.386 e. The lowest BCUT2D eigenvalue weighted by Crippen LogP contribution is -2.12. The first-order valence-corrected chi connectivity index (χ1v) is 6.71. The van der Waals surface area contributed by atoms with E-state index in [2.05, 4.69) is 10.5 Å². The van der Waals surface area contributed by atoms with Gasteiger partial charge >= 0.3 is 11.9 Å². The fraction of sp³-hybridized carbons (Fsp3) is 0.0667. The molecule has 0 aliphatic heterocycles. The highest BCUT2D eigenvalue weighted by Gasteiger charge is 2.17. The highest BCUT2D eigenvalue weighted by Crippen LogP contribution is 2.15. The molecule has 0 unspecified atom stereocenters. The van der Waals surface area contributed by atoms with Crippen LogP contribution in [0.5, 0.6) is 0 Å². The van der Waals surface area contributed by atoms with Crippen molar-refractivity contribution in [2.75, 3.05) is 7.05 Å². The van der Waals surface area contributed by atoms with Gasteiger partial charge in [-0.05, 0) is 31.3 Å². The van der Waals surface area contributed by atoms with Crippen LogP contribution in [0.15, 0.2) is 48.5 Å². The van der Waals surface area contributed by atoms with E-state index in [-0.39, 0.29) is 22.5 Å². The summed E-state index contributed by atoms with van der Waals surface area (Å²) in [6.07, 6.45) is 0. The SMILES string of the molecule is CN.O=C(OC(=O)c1ccc([N+](=O)[O-])cc1)c1ccc([N+](=O)[O-])cc1. The third-order valence-corrected chi connectivity index (χ3v) is 2.81. The lowest BCUT2D eigenvalue weighted by atomic mass is 10.2. The van der Waals surface area contributed by atoms with Gasteiger partial charge in [-0.15, -0.1) is 0 Å². The molecule has 0 atom stereocenters. The summed E-state index contributed by atoms with van der Waals surface area (Å²) in [4.78, 5) is 43.3. The zero-order valence-electron chi connectivity index (χ0n) is 12.9. The zero-order chi connectivity index (χ0) is 19.0. The van der Waals surface area contributed by atoms with Gasteiger partial charge in [0.15, 0.2) is 0 Å². The van der Waals surface area contributed by atoms with Gasteiger partial charge in [0, 0.05) is 24.3 Å². The summed E-state index contributed by atoms with van der Waals surface area (Å²) in [5.74, 6) is -1.97. The largest absolute Gasteiger partial charge is 0.386 e. The van der Waals surface area contributed by atoms with Gasteiger partial charge in [-0.1, -0.05) is 0 Å². The predicted molar refractivity (Wildman–Crippen MR) is 86.1 cm³/mol. The van der Waals surface area contributed by atoms with Crippen LogP contribution < -0.4 is 5.73 Å². The molecule has 2 aromatic carbocycles. The number of esters is 2. The Bertz CT molecular complexity index is 718. The third-order valence-electron chi connectivity index (χ3n) is 2.81. The van der Waals surface area contributed by atoms with Crippen LogP contribution in [0.4, 0.5) is 11.4 Å². The van der Waals surface area contributed by atoms with Gasteiger partial charge in [0.2, 0.25) is 0 Å². The smallest absolute Gasteiger partial charge is 0.346 e. The molecule has 0 spiro atoms. The number of hydrogen-bond acceptors (Lipinski definition) is 8. The molecule has 0 saturated heterocycles.